The second-order valence-corrected chi connectivity index (χ2v) is 4.27. The quantitative estimate of drug-likeness (QED) is 0.688. The summed E-state index contributed by atoms with van der Waals surface area (Å²) in [5.41, 5.74) is 0. The minimum absolute atomic E-state index is 0.124. The Morgan fingerprint density at radius 2 is 2.43 bits per heavy atom. The lowest BCUT2D eigenvalue weighted by Crippen LogP contribution is -2.21. The number of ketones is 1. The fraction of sp³-hybridized carbons (Fsp3) is 0.833. The lowest BCUT2D eigenvalue weighted by Gasteiger charge is -2.24. The molecule has 78 valence electrons. The molecule has 0 amide bonds. The molecular weight excluding hydrogens is 174 g/mol. The summed E-state index contributed by atoms with van der Waals surface area (Å²) in [6, 6.07) is 2.37. The Morgan fingerprint density at radius 3 is 3.00 bits per heavy atom. The predicted octanol–water partition coefficient (Wildman–Crippen LogP) is 3.08. The standard InChI is InChI=1S/C12H19NO/c1-2-3-5-11(9-13)10-6-4-7-12(14)8-10/h10-11H,2-8H2,1H3. The molecule has 2 unspecified atom stereocenters. The van der Waals surface area contributed by atoms with Crippen LogP contribution in [-0.4, -0.2) is 5.78 Å². The number of nitrogens with zero attached hydrogens (tertiary/aromatic N) is 1. The molecule has 1 saturated carbocycles. The van der Waals surface area contributed by atoms with Crippen LogP contribution in [0.2, 0.25) is 0 Å². The lowest BCUT2D eigenvalue weighted by atomic mass is 9.78. The van der Waals surface area contributed by atoms with Gasteiger partial charge in [0.2, 0.25) is 0 Å². The number of carbonyl (C=O) groups is 1. The van der Waals surface area contributed by atoms with Crippen LogP contribution in [0.1, 0.15) is 51.9 Å². The van der Waals surface area contributed by atoms with E-state index in [1.54, 1.807) is 0 Å². The van der Waals surface area contributed by atoms with E-state index in [-0.39, 0.29) is 5.92 Å². The summed E-state index contributed by atoms with van der Waals surface area (Å²) in [5, 5.41) is 9.03. The molecule has 0 aromatic heterocycles. The summed E-state index contributed by atoms with van der Waals surface area (Å²) in [7, 11) is 0. The summed E-state index contributed by atoms with van der Waals surface area (Å²) in [5.74, 6) is 0.838. The minimum atomic E-state index is 0.124. The van der Waals surface area contributed by atoms with Crippen molar-refractivity contribution < 1.29 is 4.79 Å². The number of Topliss-reactive ketones (excluding diaryl/α,β-unsaturated/α-hetero) is 1. The first kappa shape index (κ1) is 11.2. The summed E-state index contributed by atoms with van der Waals surface area (Å²) in [6.45, 7) is 2.14. The molecule has 0 radical (unpaired) electrons. The molecule has 2 nitrogen and oxygen atoms in total. The number of carbonyl (C=O) groups excluding carboxylic acids is 1. The summed E-state index contributed by atoms with van der Waals surface area (Å²) < 4.78 is 0. The fourth-order valence-electron chi connectivity index (χ4n) is 2.23. The number of hydrogen-bond acceptors (Lipinski definition) is 2. The molecule has 1 rings (SSSR count). The van der Waals surface area contributed by atoms with Gasteiger partial charge in [-0.15, -0.1) is 0 Å². The van der Waals surface area contributed by atoms with Crippen LogP contribution in [0.5, 0.6) is 0 Å². The molecule has 0 N–H and O–H groups in total. The van der Waals surface area contributed by atoms with Crippen LogP contribution in [0.4, 0.5) is 0 Å². The zero-order valence-corrected chi connectivity index (χ0v) is 8.96. The van der Waals surface area contributed by atoms with Gasteiger partial charge in [-0.05, 0) is 25.2 Å². The number of nitriles is 1. The summed E-state index contributed by atoms with van der Waals surface area (Å²) >= 11 is 0. The van der Waals surface area contributed by atoms with E-state index in [0.29, 0.717) is 18.1 Å². The number of rotatable bonds is 4. The molecule has 0 aromatic rings. The van der Waals surface area contributed by atoms with Crippen LogP contribution in [0.3, 0.4) is 0 Å². The van der Waals surface area contributed by atoms with E-state index in [0.717, 1.165) is 38.5 Å². The third-order valence-corrected chi connectivity index (χ3v) is 3.12. The zero-order chi connectivity index (χ0) is 10.4. The van der Waals surface area contributed by atoms with Crippen molar-refractivity contribution in [2.75, 3.05) is 0 Å². The van der Waals surface area contributed by atoms with Gasteiger partial charge in [0.15, 0.2) is 0 Å². The molecule has 2 atom stereocenters. The van der Waals surface area contributed by atoms with E-state index < -0.39 is 0 Å². The van der Waals surface area contributed by atoms with Gasteiger partial charge < -0.3 is 0 Å². The molecule has 1 aliphatic rings. The fourth-order valence-corrected chi connectivity index (χ4v) is 2.23. The lowest BCUT2D eigenvalue weighted by molar-refractivity contribution is -0.121. The smallest absolute Gasteiger partial charge is 0.133 e. The van der Waals surface area contributed by atoms with E-state index in [2.05, 4.69) is 13.0 Å². The second kappa shape index (κ2) is 5.80. The van der Waals surface area contributed by atoms with Crippen molar-refractivity contribution in [2.24, 2.45) is 11.8 Å². The molecule has 0 spiro atoms. The molecular formula is C12H19NO. The van der Waals surface area contributed by atoms with Crippen molar-refractivity contribution >= 4 is 5.78 Å². The van der Waals surface area contributed by atoms with E-state index in [1.807, 2.05) is 0 Å². The third-order valence-electron chi connectivity index (χ3n) is 3.12. The van der Waals surface area contributed by atoms with E-state index in [9.17, 15) is 4.79 Å². The molecule has 0 saturated heterocycles. The highest BCUT2D eigenvalue weighted by molar-refractivity contribution is 5.79. The molecule has 1 fully saturated rings. The van der Waals surface area contributed by atoms with Gasteiger partial charge in [-0.3, -0.25) is 4.79 Å². The number of unbranched alkanes of at least 4 members (excludes halogenated alkanes) is 1. The largest absolute Gasteiger partial charge is 0.300 e. The van der Waals surface area contributed by atoms with Crippen molar-refractivity contribution in [3.8, 4) is 6.07 Å². The van der Waals surface area contributed by atoms with Crippen LogP contribution in [0.25, 0.3) is 0 Å². The van der Waals surface area contributed by atoms with Crippen molar-refractivity contribution in [2.45, 2.75) is 51.9 Å². The van der Waals surface area contributed by atoms with E-state index >= 15 is 0 Å². The van der Waals surface area contributed by atoms with Crippen molar-refractivity contribution in [1.82, 2.24) is 0 Å². The Kier molecular flexibility index (Phi) is 4.65. The molecule has 1 aliphatic carbocycles. The first-order chi connectivity index (χ1) is 6.77. The average Bonchev–Trinajstić information content (AvgIpc) is 2.19. The Morgan fingerprint density at radius 1 is 1.64 bits per heavy atom. The molecule has 0 aliphatic heterocycles. The minimum Gasteiger partial charge on any atom is -0.300 e. The normalized spacial score (nSPS) is 24.3. The summed E-state index contributed by atoms with van der Waals surface area (Å²) in [6.07, 6.45) is 6.69. The van der Waals surface area contributed by atoms with E-state index in [4.69, 9.17) is 5.26 Å². The highest BCUT2D eigenvalue weighted by Gasteiger charge is 2.26. The molecule has 2 heteroatoms. The van der Waals surface area contributed by atoms with Gasteiger partial charge in [-0.1, -0.05) is 19.8 Å². The Balaban J connectivity index is 2.43. The SMILES string of the molecule is CCCCC(C#N)C1CCCC(=O)C1. The van der Waals surface area contributed by atoms with Crippen LogP contribution in [0, 0.1) is 23.2 Å². The van der Waals surface area contributed by atoms with Crippen molar-refractivity contribution in [1.29, 1.82) is 5.26 Å². The van der Waals surface area contributed by atoms with Gasteiger partial charge in [0.1, 0.15) is 5.78 Å². The highest BCUT2D eigenvalue weighted by atomic mass is 16.1. The van der Waals surface area contributed by atoms with Gasteiger partial charge >= 0.3 is 0 Å². The molecule has 14 heavy (non-hydrogen) atoms. The van der Waals surface area contributed by atoms with Crippen molar-refractivity contribution in [3.05, 3.63) is 0 Å². The van der Waals surface area contributed by atoms with Crippen molar-refractivity contribution in [3.63, 3.8) is 0 Å². The second-order valence-electron chi connectivity index (χ2n) is 4.27. The van der Waals surface area contributed by atoms with Gasteiger partial charge in [0.05, 0.1) is 6.07 Å². The first-order valence-electron chi connectivity index (χ1n) is 5.69. The van der Waals surface area contributed by atoms with Crippen LogP contribution in [-0.2, 0) is 4.79 Å². The maximum Gasteiger partial charge on any atom is 0.133 e. The number of hydrogen-bond donors (Lipinski definition) is 0. The van der Waals surface area contributed by atoms with Crippen LogP contribution >= 0.6 is 0 Å². The molecule has 0 heterocycles. The zero-order valence-electron chi connectivity index (χ0n) is 8.96. The Bertz CT molecular complexity index is 229. The highest BCUT2D eigenvalue weighted by Crippen LogP contribution is 2.30. The Labute approximate surface area is 86.3 Å². The van der Waals surface area contributed by atoms with Gasteiger partial charge in [0, 0.05) is 18.8 Å². The molecule has 0 bridgehead atoms. The van der Waals surface area contributed by atoms with Gasteiger partial charge in [-0.2, -0.15) is 5.26 Å². The van der Waals surface area contributed by atoms with Gasteiger partial charge in [-0.25, -0.2) is 0 Å². The maximum atomic E-state index is 11.3. The molecule has 0 aromatic carbocycles. The maximum absolute atomic E-state index is 11.3. The summed E-state index contributed by atoms with van der Waals surface area (Å²) in [4.78, 5) is 11.3. The third kappa shape index (κ3) is 3.14. The first-order valence-corrected chi connectivity index (χ1v) is 5.69. The van der Waals surface area contributed by atoms with Crippen LogP contribution in [0.15, 0.2) is 0 Å². The Hall–Kier alpha value is -0.840. The predicted molar refractivity (Wildman–Crippen MR) is 55.6 cm³/mol. The van der Waals surface area contributed by atoms with Gasteiger partial charge in [0.25, 0.3) is 0 Å². The average molecular weight is 193 g/mol. The van der Waals surface area contributed by atoms with Crippen LogP contribution < -0.4 is 0 Å². The topological polar surface area (TPSA) is 40.9 Å². The van der Waals surface area contributed by atoms with E-state index in [1.165, 1.54) is 0 Å². The monoisotopic (exact) mass is 193 g/mol.